The standard InChI is InChI=1S/C22H18ClN3O5S2/c1-2-30-15-6-3-13(4-7-15)9-18-21(29)26(22(32)33-18)24-19(27)11-25-16-10-14(23)5-8-17(16)31-12-20(25)28/h3-10H,2,11-12H2,1H3,(H,24,27). The summed E-state index contributed by atoms with van der Waals surface area (Å²) in [6, 6.07) is 12.1. The number of hydrazine groups is 1. The number of ether oxygens (including phenoxy) is 2. The quantitative estimate of drug-likeness (QED) is 0.477. The second-order valence-electron chi connectivity index (χ2n) is 6.93. The first-order chi connectivity index (χ1) is 15.9. The lowest BCUT2D eigenvalue weighted by molar-refractivity contribution is -0.133. The van der Waals surface area contributed by atoms with Crippen LogP contribution in [0, 0.1) is 0 Å². The van der Waals surface area contributed by atoms with E-state index in [0.717, 1.165) is 28.1 Å². The molecule has 0 spiro atoms. The summed E-state index contributed by atoms with van der Waals surface area (Å²) in [5.41, 5.74) is 3.66. The Bertz CT molecular complexity index is 1170. The predicted octanol–water partition coefficient (Wildman–Crippen LogP) is 3.40. The fraction of sp³-hybridized carbons (Fsp3) is 0.182. The summed E-state index contributed by atoms with van der Waals surface area (Å²) in [6.45, 7) is 1.93. The van der Waals surface area contributed by atoms with Gasteiger partial charge in [-0.1, -0.05) is 35.5 Å². The fourth-order valence-corrected chi connectivity index (χ4v) is 4.54. The molecule has 170 valence electrons. The van der Waals surface area contributed by atoms with Gasteiger partial charge < -0.3 is 9.47 Å². The number of fused-ring (bicyclic) bond motifs is 1. The molecule has 4 rings (SSSR count). The van der Waals surface area contributed by atoms with Crippen LogP contribution in [0.4, 0.5) is 5.69 Å². The Labute approximate surface area is 204 Å². The van der Waals surface area contributed by atoms with E-state index in [4.69, 9.17) is 33.3 Å². The van der Waals surface area contributed by atoms with Crippen LogP contribution in [0.1, 0.15) is 12.5 Å². The topological polar surface area (TPSA) is 88.2 Å². The van der Waals surface area contributed by atoms with Crippen molar-refractivity contribution in [1.82, 2.24) is 10.4 Å². The van der Waals surface area contributed by atoms with Gasteiger partial charge in [0.15, 0.2) is 10.9 Å². The molecular weight excluding hydrogens is 486 g/mol. The van der Waals surface area contributed by atoms with Crippen molar-refractivity contribution < 1.29 is 23.9 Å². The number of carbonyl (C=O) groups excluding carboxylic acids is 3. The highest BCUT2D eigenvalue weighted by Crippen LogP contribution is 2.35. The normalized spacial score (nSPS) is 16.7. The fourth-order valence-electron chi connectivity index (χ4n) is 3.19. The number of thioether (sulfide) groups is 1. The summed E-state index contributed by atoms with van der Waals surface area (Å²) in [7, 11) is 0. The van der Waals surface area contributed by atoms with Crippen molar-refractivity contribution in [3.63, 3.8) is 0 Å². The lowest BCUT2D eigenvalue weighted by atomic mass is 10.2. The van der Waals surface area contributed by atoms with Gasteiger partial charge in [0.1, 0.15) is 18.0 Å². The van der Waals surface area contributed by atoms with Gasteiger partial charge in [-0.2, -0.15) is 5.01 Å². The van der Waals surface area contributed by atoms with E-state index in [1.54, 1.807) is 36.4 Å². The van der Waals surface area contributed by atoms with E-state index in [1.165, 1.54) is 4.90 Å². The molecule has 2 heterocycles. The molecule has 11 heteroatoms. The third-order valence-corrected chi connectivity index (χ3v) is 6.22. The number of amides is 3. The number of nitrogens with one attached hydrogen (secondary N) is 1. The largest absolute Gasteiger partial charge is 0.494 e. The zero-order chi connectivity index (χ0) is 23.5. The smallest absolute Gasteiger partial charge is 0.285 e. The van der Waals surface area contributed by atoms with Crippen LogP contribution >= 0.6 is 35.6 Å². The Morgan fingerprint density at radius 1 is 1.27 bits per heavy atom. The van der Waals surface area contributed by atoms with Crippen molar-refractivity contribution in [3.8, 4) is 11.5 Å². The monoisotopic (exact) mass is 503 g/mol. The van der Waals surface area contributed by atoms with Crippen molar-refractivity contribution in [3.05, 3.63) is 58.0 Å². The van der Waals surface area contributed by atoms with Crippen molar-refractivity contribution in [2.45, 2.75) is 6.92 Å². The summed E-state index contributed by atoms with van der Waals surface area (Å²) < 4.78 is 11.0. The maximum absolute atomic E-state index is 12.8. The Kier molecular flexibility index (Phi) is 6.87. The molecule has 1 saturated heterocycles. The molecule has 3 amide bonds. The molecule has 0 radical (unpaired) electrons. The minimum absolute atomic E-state index is 0.183. The second-order valence-corrected chi connectivity index (χ2v) is 9.05. The molecule has 2 aromatic rings. The summed E-state index contributed by atoms with van der Waals surface area (Å²) in [6.07, 6.45) is 1.69. The Hall–Kier alpha value is -3.08. The van der Waals surface area contributed by atoms with E-state index >= 15 is 0 Å². The molecule has 2 aromatic carbocycles. The molecule has 1 N–H and O–H groups in total. The summed E-state index contributed by atoms with van der Waals surface area (Å²) in [4.78, 5) is 39.5. The molecule has 8 nitrogen and oxygen atoms in total. The average Bonchev–Trinajstić information content (AvgIpc) is 3.04. The molecule has 0 aliphatic carbocycles. The highest BCUT2D eigenvalue weighted by atomic mass is 35.5. The van der Waals surface area contributed by atoms with Crippen molar-refractivity contribution in [2.75, 3.05) is 24.7 Å². The van der Waals surface area contributed by atoms with Crippen molar-refractivity contribution in [2.24, 2.45) is 0 Å². The summed E-state index contributed by atoms with van der Waals surface area (Å²) in [5, 5.41) is 1.40. The number of halogens is 1. The number of anilines is 1. The van der Waals surface area contributed by atoms with Crippen LogP contribution in [0.3, 0.4) is 0 Å². The van der Waals surface area contributed by atoms with Gasteiger partial charge in [-0.05, 0) is 61.1 Å². The van der Waals surface area contributed by atoms with E-state index in [2.05, 4.69) is 5.43 Å². The number of hydrogen-bond donors (Lipinski definition) is 1. The van der Waals surface area contributed by atoms with Crippen LogP contribution in [0.15, 0.2) is 47.4 Å². The minimum Gasteiger partial charge on any atom is -0.494 e. The molecule has 2 aliphatic heterocycles. The molecule has 0 unspecified atom stereocenters. The Balaban J connectivity index is 1.44. The lowest BCUT2D eigenvalue weighted by Crippen LogP contribution is -2.51. The van der Waals surface area contributed by atoms with E-state index in [0.29, 0.717) is 28.0 Å². The van der Waals surface area contributed by atoms with Crippen LogP contribution in [-0.2, 0) is 14.4 Å². The zero-order valence-corrected chi connectivity index (χ0v) is 19.8. The number of carbonyl (C=O) groups is 3. The van der Waals surface area contributed by atoms with Gasteiger partial charge in [0.2, 0.25) is 0 Å². The average molecular weight is 504 g/mol. The van der Waals surface area contributed by atoms with E-state index in [1.807, 2.05) is 19.1 Å². The summed E-state index contributed by atoms with van der Waals surface area (Å²) >= 11 is 12.4. The van der Waals surface area contributed by atoms with Crippen molar-refractivity contribution in [1.29, 1.82) is 0 Å². The van der Waals surface area contributed by atoms with Gasteiger partial charge in [0.25, 0.3) is 17.7 Å². The lowest BCUT2D eigenvalue weighted by Gasteiger charge is -2.29. The number of rotatable bonds is 6. The van der Waals surface area contributed by atoms with Crippen LogP contribution < -0.4 is 19.8 Å². The predicted molar refractivity (Wildman–Crippen MR) is 130 cm³/mol. The SMILES string of the molecule is CCOc1ccc(C=C2SC(=S)N(NC(=O)CN3C(=O)COc4ccc(Cl)cc43)C2=O)cc1. The zero-order valence-electron chi connectivity index (χ0n) is 17.4. The number of benzene rings is 2. The van der Waals surface area contributed by atoms with Crippen LogP contribution in [0.2, 0.25) is 5.02 Å². The Morgan fingerprint density at radius 2 is 2.03 bits per heavy atom. The first-order valence-corrected chi connectivity index (χ1v) is 11.5. The van der Waals surface area contributed by atoms with Gasteiger partial charge in [-0.3, -0.25) is 24.7 Å². The molecule has 1 fully saturated rings. The van der Waals surface area contributed by atoms with E-state index in [-0.39, 0.29) is 17.5 Å². The molecule has 0 bridgehead atoms. The van der Waals surface area contributed by atoms with Gasteiger partial charge in [0, 0.05) is 5.02 Å². The maximum Gasteiger partial charge on any atom is 0.285 e. The van der Waals surface area contributed by atoms with Gasteiger partial charge in [0.05, 0.1) is 17.2 Å². The maximum atomic E-state index is 12.8. The van der Waals surface area contributed by atoms with E-state index < -0.39 is 17.7 Å². The van der Waals surface area contributed by atoms with Gasteiger partial charge in [-0.15, -0.1) is 0 Å². The molecular formula is C22H18ClN3O5S2. The molecule has 0 aromatic heterocycles. The highest BCUT2D eigenvalue weighted by Gasteiger charge is 2.35. The highest BCUT2D eigenvalue weighted by molar-refractivity contribution is 8.26. The summed E-state index contributed by atoms with van der Waals surface area (Å²) in [5.74, 6) is -0.273. The first kappa shape index (κ1) is 23.1. The van der Waals surface area contributed by atoms with Crippen LogP contribution in [-0.4, -0.2) is 46.8 Å². The number of nitrogens with zero attached hydrogens (tertiary/aromatic N) is 2. The molecule has 33 heavy (non-hydrogen) atoms. The van der Waals surface area contributed by atoms with Crippen LogP contribution in [0.5, 0.6) is 11.5 Å². The Morgan fingerprint density at radius 3 is 2.76 bits per heavy atom. The molecule has 0 atom stereocenters. The molecule has 0 saturated carbocycles. The van der Waals surface area contributed by atoms with Crippen molar-refractivity contribution >= 4 is 69.4 Å². The van der Waals surface area contributed by atoms with Gasteiger partial charge in [-0.25, -0.2) is 0 Å². The van der Waals surface area contributed by atoms with Crippen LogP contribution in [0.25, 0.3) is 6.08 Å². The number of hydrogen-bond acceptors (Lipinski definition) is 7. The van der Waals surface area contributed by atoms with Gasteiger partial charge >= 0.3 is 0 Å². The number of thiocarbonyl (C=S) groups is 1. The third kappa shape index (κ3) is 5.13. The second kappa shape index (κ2) is 9.82. The molecule has 2 aliphatic rings. The first-order valence-electron chi connectivity index (χ1n) is 9.88. The van der Waals surface area contributed by atoms with E-state index in [9.17, 15) is 14.4 Å². The minimum atomic E-state index is -0.588. The third-order valence-electron chi connectivity index (χ3n) is 4.68.